The summed E-state index contributed by atoms with van der Waals surface area (Å²) in [5.41, 5.74) is 0. The highest BCUT2D eigenvalue weighted by Gasteiger charge is 2.29. The summed E-state index contributed by atoms with van der Waals surface area (Å²) >= 11 is 0. The van der Waals surface area contributed by atoms with E-state index in [-0.39, 0.29) is 18.3 Å². The Morgan fingerprint density at radius 3 is 2.45 bits per heavy atom. The SMILES string of the molecule is CCNCC1CCN(C(=O)COCC(F)(F)F)CC1.Cl. The van der Waals surface area contributed by atoms with Crippen molar-refractivity contribution in [2.75, 3.05) is 39.4 Å². The number of hydrogen-bond donors (Lipinski definition) is 1. The van der Waals surface area contributed by atoms with Crippen molar-refractivity contribution in [1.82, 2.24) is 10.2 Å². The molecule has 1 aliphatic rings. The number of alkyl halides is 3. The van der Waals surface area contributed by atoms with Crippen molar-refractivity contribution in [2.45, 2.75) is 25.9 Å². The summed E-state index contributed by atoms with van der Waals surface area (Å²) in [5.74, 6) is 0.186. The Bertz CT molecular complexity index is 282. The number of nitrogens with one attached hydrogen (secondary N) is 1. The third-order valence-electron chi connectivity index (χ3n) is 3.14. The first-order valence-corrected chi connectivity index (χ1v) is 6.55. The lowest BCUT2D eigenvalue weighted by atomic mass is 9.97. The molecule has 0 aromatic carbocycles. The fourth-order valence-electron chi connectivity index (χ4n) is 2.08. The average molecular weight is 319 g/mol. The van der Waals surface area contributed by atoms with Gasteiger partial charge in [0.2, 0.25) is 5.91 Å². The Hall–Kier alpha value is -0.530. The van der Waals surface area contributed by atoms with E-state index in [0.29, 0.717) is 19.0 Å². The minimum Gasteiger partial charge on any atom is -0.362 e. The highest BCUT2D eigenvalue weighted by Crippen LogP contribution is 2.17. The fourth-order valence-corrected chi connectivity index (χ4v) is 2.08. The number of hydrogen-bond acceptors (Lipinski definition) is 3. The first-order chi connectivity index (χ1) is 8.92. The fraction of sp³-hybridized carbons (Fsp3) is 0.917. The van der Waals surface area contributed by atoms with Crippen molar-refractivity contribution in [3.8, 4) is 0 Å². The number of carbonyl (C=O) groups excluding carboxylic acids is 1. The Morgan fingerprint density at radius 2 is 1.95 bits per heavy atom. The number of halogens is 4. The van der Waals surface area contributed by atoms with Crippen LogP contribution in [-0.4, -0.2) is 56.4 Å². The van der Waals surface area contributed by atoms with Gasteiger partial charge in [-0.2, -0.15) is 13.2 Å². The molecule has 1 saturated heterocycles. The molecule has 0 aliphatic carbocycles. The van der Waals surface area contributed by atoms with Crippen LogP contribution in [0.15, 0.2) is 0 Å². The highest BCUT2D eigenvalue weighted by molar-refractivity contribution is 5.85. The van der Waals surface area contributed by atoms with Crippen LogP contribution in [0.3, 0.4) is 0 Å². The molecule has 0 saturated carbocycles. The van der Waals surface area contributed by atoms with E-state index in [1.165, 1.54) is 0 Å². The lowest BCUT2D eigenvalue weighted by molar-refractivity contribution is -0.178. The van der Waals surface area contributed by atoms with Crippen LogP contribution >= 0.6 is 12.4 Å². The third-order valence-corrected chi connectivity index (χ3v) is 3.14. The molecule has 8 heteroatoms. The first-order valence-electron chi connectivity index (χ1n) is 6.55. The lowest BCUT2D eigenvalue weighted by Gasteiger charge is -2.32. The van der Waals surface area contributed by atoms with Crippen LogP contribution in [-0.2, 0) is 9.53 Å². The summed E-state index contributed by atoms with van der Waals surface area (Å²) in [7, 11) is 0. The number of nitrogens with zero attached hydrogens (tertiary/aromatic N) is 1. The Kier molecular flexibility index (Phi) is 9.16. The molecule has 1 heterocycles. The van der Waals surface area contributed by atoms with Gasteiger partial charge in [0.15, 0.2) is 0 Å². The van der Waals surface area contributed by atoms with E-state index in [2.05, 4.69) is 10.1 Å². The van der Waals surface area contributed by atoms with E-state index >= 15 is 0 Å². The van der Waals surface area contributed by atoms with E-state index in [4.69, 9.17) is 0 Å². The molecule has 4 nitrogen and oxygen atoms in total. The van der Waals surface area contributed by atoms with Gasteiger partial charge in [0.25, 0.3) is 0 Å². The molecule has 0 spiro atoms. The third kappa shape index (κ3) is 7.91. The zero-order valence-electron chi connectivity index (χ0n) is 11.5. The molecule has 1 rings (SSSR count). The summed E-state index contributed by atoms with van der Waals surface area (Å²) in [6.07, 6.45) is -2.60. The molecule has 0 aromatic rings. The van der Waals surface area contributed by atoms with Crippen LogP contribution in [0.4, 0.5) is 13.2 Å². The molecule has 1 aliphatic heterocycles. The highest BCUT2D eigenvalue weighted by atomic mass is 35.5. The van der Waals surface area contributed by atoms with E-state index < -0.39 is 19.4 Å². The molecule has 0 unspecified atom stereocenters. The molecular formula is C12H22ClF3N2O2. The van der Waals surface area contributed by atoms with Gasteiger partial charge in [0.1, 0.15) is 13.2 Å². The predicted molar refractivity (Wildman–Crippen MR) is 72.0 cm³/mol. The van der Waals surface area contributed by atoms with Gasteiger partial charge in [-0.1, -0.05) is 6.92 Å². The lowest BCUT2D eigenvalue weighted by Crippen LogP contribution is -2.42. The Morgan fingerprint density at radius 1 is 1.35 bits per heavy atom. The number of amides is 1. The molecule has 120 valence electrons. The van der Waals surface area contributed by atoms with Crippen molar-refractivity contribution >= 4 is 18.3 Å². The van der Waals surface area contributed by atoms with Crippen LogP contribution in [0.25, 0.3) is 0 Å². The number of carbonyl (C=O) groups is 1. The summed E-state index contributed by atoms with van der Waals surface area (Å²) in [5, 5.41) is 3.26. The number of rotatable bonds is 6. The molecule has 20 heavy (non-hydrogen) atoms. The minimum absolute atomic E-state index is 0. The van der Waals surface area contributed by atoms with Crippen molar-refractivity contribution < 1.29 is 22.7 Å². The Labute approximate surface area is 123 Å². The van der Waals surface area contributed by atoms with Crippen LogP contribution in [0, 0.1) is 5.92 Å². The molecule has 0 bridgehead atoms. The van der Waals surface area contributed by atoms with E-state index in [1.54, 1.807) is 4.90 Å². The topological polar surface area (TPSA) is 41.6 Å². The number of piperidine rings is 1. The predicted octanol–water partition coefficient (Wildman–Crippen LogP) is 1.84. The number of ether oxygens (including phenoxy) is 1. The molecule has 1 N–H and O–H groups in total. The van der Waals surface area contributed by atoms with Crippen LogP contribution < -0.4 is 5.32 Å². The zero-order valence-corrected chi connectivity index (χ0v) is 12.4. The second-order valence-electron chi connectivity index (χ2n) is 4.74. The van der Waals surface area contributed by atoms with Gasteiger partial charge in [-0.3, -0.25) is 4.79 Å². The Balaban J connectivity index is 0.00000361. The molecule has 0 radical (unpaired) electrons. The van der Waals surface area contributed by atoms with Crippen LogP contribution in [0.2, 0.25) is 0 Å². The van der Waals surface area contributed by atoms with E-state index in [9.17, 15) is 18.0 Å². The minimum atomic E-state index is -4.38. The van der Waals surface area contributed by atoms with Gasteiger partial charge >= 0.3 is 6.18 Å². The molecular weight excluding hydrogens is 297 g/mol. The monoisotopic (exact) mass is 318 g/mol. The summed E-state index contributed by atoms with van der Waals surface area (Å²) in [6.45, 7) is 3.24. The van der Waals surface area contributed by atoms with E-state index in [0.717, 1.165) is 25.9 Å². The maximum absolute atomic E-state index is 11.9. The van der Waals surface area contributed by atoms with E-state index in [1.807, 2.05) is 6.92 Å². The smallest absolute Gasteiger partial charge is 0.362 e. The zero-order chi connectivity index (χ0) is 14.3. The molecule has 1 fully saturated rings. The maximum atomic E-state index is 11.9. The largest absolute Gasteiger partial charge is 0.411 e. The van der Waals surface area contributed by atoms with Crippen molar-refractivity contribution in [2.24, 2.45) is 5.92 Å². The van der Waals surface area contributed by atoms with Gasteiger partial charge < -0.3 is 15.0 Å². The van der Waals surface area contributed by atoms with Gasteiger partial charge in [-0.05, 0) is 31.8 Å². The molecule has 0 atom stereocenters. The van der Waals surface area contributed by atoms with Crippen LogP contribution in [0.5, 0.6) is 0 Å². The quantitative estimate of drug-likeness (QED) is 0.812. The summed E-state index contributed by atoms with van der Waals surface area (Å²) in [6, 6.07) is 0. The molecule has 1 amide bonds. The molecule has 0 aromatic heterocycles. The normalized spacial score (nSPS) is 16.9. The standard InChI is InChI=1S/C12H21F3N2O2.ClH/c1-2-16-7-10-3-5-17(6-4-10)11(18)8-19-9-12(13,14)15;/h10,16H,2-9H2,1H3;1H. The second kappa shape index (κ2) is 9.41. The van der Waals surface area contributed by atoms with Crippen molar-refractivity contribution in [1.29, 1.82) is 0 Å². The maximum Gasteiger partial charge on any atom is 0.411 e. The van der Waals surface area contributed by atoms with Crippen molar-refractivity contribution in [3.63, 3.8) is 0 Å². The van der Waals surface area contributed by atoms with Gasteiger partial charge in [0.05, 0.1) is 0 Å². The average Bonchev–Trinajstić information content (AvgIpc) is 2.35. The van der Waals surface area contributed by atoms with Gasteiger partial charge in [-0.25, -0.2) is 0 Å². The van der Waals surface area contributed by atoms with Crippen LogP contribution in [0.1, 0.15) is 19.8 Å². The summed E-state index contributed by atoms with van der Waals surface area (Å²) < 4.78 is 40.0. The van der Waals surface area contributed by atoms with Gasteiger partial charge in [-0.15, -0.1) is 12.4 Å². The number of likely N-dealkylation sites (tertiary alicyclic amines) is 1. The second-order valence-corrected chi connectivity index (χ2v) is 4.74. The van der Waals surface area contributed by atoms with Gasteiger partial charge in [0, 0.05) is 13.1 Å². The summed E-state index contributed by atoms with van der Waals surface area (Å²) in [4.78, 5) is 13.2. The van der Waals surface area contributed by atoms with Crippen molar-refractivity contribution in [3.05, 3.63) is 0 Å². The first kappa shape index (κ1) is 19.5.